The molecule has 2 aromatic heterocycles. The normalized spacial score (nSPS) is 35.5. The van der Waals surface area contributed by atoms with Crippen molar-refractivity contribution < 1.29 is 25.2 Å². The number of fused-ring (bicyclic) bond motifs is 1. The van der Waals surface area contributed by atoms with E-state index in [1.54, 1.807) is 0 Å². The zero-order valence-electron chi connectivity index (χ0n) is 13.4. The first-order valence-corrected chi connectivity index (χ1v) is 8.34. The van der Waals surface area contributed by atoms with Crippen molar-refractivity contribution in [3.8, 4) is 0 Å². The molecule has 0 bridgehead atoms. The van der Waals surface area contributed by atoms with Crippen LogP contribution in [0.25, 0.3) is 11.2 Å². The Kier molecular flexibility index (Phi) is 4.29. The number of rotatable bonds is 4. The maximum Gasteiger partial charge on any atom is 0.167 e. The van der Waals surface area contributed by atoms with E-state index in [4.69, 9.17) is 4.74 Å². The summed E-state index contributed by atoms with van der Waals surface area (Å²) in [7, 11) is 0. The molecular weight excluding hydrogens is 330 g/mol. The van der Waals surface area contributed by atoms with E-state index in [2.05, 4.69) is 20.3 Å². The van der Waals surface area contributed by atoms with Crippen LogP contribution in [0, 0.1) is 0 Å². The second-order valence-electron chi connectivity index (χ2n) is 6.52. The molecule has 0 amide bonds. The van der Waals surface area contributed by atoms with Crippen molar-refractivity contribution in [3.63, 3.8) is 0 Å². The van der Waals surface area contributed by atoms with Gasteiger partial charge >= 0.3 is 0 Å². The molecule has 25 heavy (non-hydrogen) atoms. The lowest BCUT2D eigenvalue weighted by molar-refractivity contribution is -0.0511. The molecule has 2 aliphatic rings. The van der Waals surface area contributed by atoms with Gasteiger partial charge in [-0.2, -0.15) is 0 Å². The largest absolute Gasteiger partial charge is 0.394 e. The van der Waals surface area contributed by atoms with Crippen molar-refractivity contribution in [2.45, 2.75) is 55.9 Å². The first-order chi connectivity index (χ1) is 12.1. The summed E-state index contributed by atoms with van der Waals surface area (Å²) < 4.78 is 7.04. The number of imidazole rings is 1. The zero-order chi connectivity index (χ0) is 17.6. The van der Waals surface area contributed by atoms with E-state index in [9.17, 15) is 20.4 Å². The predicted molar refractivity (Wildman–Crippen MR) is 85.6 cm³/mol. The quantitative estimate of drug-likeness (QED) is 0.456. The third-order valence-corrected chi connectivity index (χ3v) is 4.95. The van der Waals surface area contributed by atoms with Crippen molar-refractivity contribution in [1.29, 1.82) is 0 Å². The number of aliphatic hydroxyl groups excluding tert-OH is 4. The molecule has 3 heterocycles. The van der Waals surface area contributed by atoms with E-state index >= 15 is 0 Å². The van der Waals surface area contributed by atoms with E-state index in [-0.39, 0.29) is 6.04 Å². The third kappa shape index (κ3) is 2.75. The number of hydrogen-bond acceptors (Lipinski definition) is 9. The van der Waals surface area contributed by atoms with Crippen molar-refractivity contribution in [3.05, 3.63) is 12.7 Å². The van der Waals surface area contributed by atoms with Gasteiger partial charge in [0.25, 0.3) is 0 Å². The van der Waals surface area contributed by atoms with Crippen LogP contribution in [0.3, 0.4) is 0 Å². The molecule has 1 aliphatic heterocycles. The van der Waals surface area contributed by atoms with E-state index in [1.807, 2.05) is 0 Å². The van der Waals surface area contributed by atoms with Gasteiger partial charge in [0.15, 0.2) is 23.2 Å². The topological polar surface area (TPSA) is 146 Å². The molecule has 0 radical (unpaired) electrons. The fraction of sp³-hybridized carbons (Fsp3) is 0.667. The van der Waals surface area contributed by atoms with Crippen LogP contribution in [0.15, 0.2) is 12.7 Å². The second-order valence-corrected chi connectivity index (χ2v) is 6.52. The lowest BCUT2D eigenvalue weighted by Gasteiger charge is -2.18. The van der Waals surface area contributed by atoms with Gasteiger partial charge in [0.2, 0.25) is 0 Å². The Morgan fingerprint density at radius 3 is 2.68 bits per heavy atom. The van der Waals surface area contributed by atoms with Gasteiger partial charge in [0, 0.05) is 0 Å². The highest BCUT2D eigenvalue weighted by atomic mass is 16.6. The molecule has 2 aromatic rings. The SMILES string of the molecule is OCC1OC(n2cnc3c(N[C@@H]4CCC[C@H]4O)ncnc32)[C@H](O)[C@@H]1O. The number of ether oxygens (including phenoxy) is 1. The second kappa shape index (κ2) is 6.46. The number of aromatic nitrogens is 4. The minimum Gasteiger partial charge on any atom is -0.394 e. The Labute approximate surface area is 143 Å². The van der Waals surface area contributed by atoms with Crippen molar-refractivity contribution in [1.82, 2.24) is 19.5 Å². The highest BCUT2D eigenvalue weighted by molar-refractivity contribution is 5.82. The Bertz CT molecular complexity index is 755. The summed E-state index contributed by atoms with van der Waals surface area (Å²) in [6, 6.07) is -0.0860. The van der Waals surface area contributed by atoms with Crippen LogP contribution < -0.4 is 5.32 Å². The molecule has 2 unspecified atom stereocenters. The highest BCUT2D eigenvalue weighted by Crippen LogP contribution is 2.32. The lowest BCUT2D eigenvalue weighted by Crippen LogP contribution is -2.33. The van der Waals surface area contributed by atoms with Gasteiger partial charge in [-0.05, 0) is 19.3 Å². The molecule has 0 aromatic carbocycles. The predicted octanol–water partition coefficient (Wildman–Crippen LogP) is -1.24. The van der Waals surface area contributed by atoms with E-state index in [1.165, 1.54) is 17.2 Å². The molecule has 2 fully saturated rings. The van der Waals surface area contributed by atoms with E-state index in [0.717, 1.165) is 19.3 Å². The van der Waals surface area contributed by atoms with Crippen LogP contribution in [-0.2, 0) is 4.74 Å². The van der Waals surface area contributed by atoms with Gasteiger partial charge in [0.05, 0.1) is 25.1 Å². The number of nitrogens with zero attached hydrogens (tertiary/aromatic N) is 4. The van der Waals surface area contributed by atoms with Gasteiger partial charge in [-0.15, -0.1) is 0 Å². The minimum absolute atomic E-state index is 0.0860. The number of nitrogens with one attached hydrogen (secondary N) is 1. The molecule has 1 aliphatic carbocycles. The summed E-state index contributed by atoms with van der Waals surface area (Å²) in [6.45, 7) is -0.400. The van der Waals surface area contributed by atoms with E-state index in [0.29, 0.717) is 17.0 Å². The van der Waals surface area contributed by atoms with E-state index < -0.39 is 37.3 Å². The van der Waals surface area contributed by atoms with Gasteiger partial charge in [-0.3, -0.25) is 4.57 Å². The molecule has 1 saturated heterocycles. The van der Waals surface area contributed by atoms with Crippen LogP contribution in [0.1, 0.15) is 25.5 Å². The Balaban J connectivity index is 1.65. The first-order valence-electron chi connectivity index (χ1n) is 8.34. The fourth-order valence-electron chi connectivity index (χ4n) is 3.54. The summed E-state index contributed by atoms with van der Waals surface area (Å²) in [5.41, 5.74) is 0.916. The molecule has 6 atom stereocenters. The molecule has 10 nitrogen and oxygen atoms in total. The first kappa shape index (κ1) is 16.6. The van der Waals surface area contributed by atoms with Crippen LogP contribution >= 0.6 is 0 Å². The summed E-state index contributed by atoms with van der Waals surface area (Å²) >= 11 is 0. The molecule has 10 heteroatoms. The Morgan fingerprint density at radius 1 is 1.16 bits per heavy atom. The number of anilines is 1. The van der Waals surface area contributed by atoms with Crippen LogP contribution in [0.4, 0.5) is 5.82 Å². The van der Waals surface area contributed by atoms with Crippen molar-refractivity contribution >= 4 is 17.0 Å². The van der Waals surface area contributed by atoms with Gasteiger partial charge in [-0.25, -0.2) is 15.0 Å². The van der Waals surface area contributed by atoms with Crippen LogP contribution in [0.5, 0.6) is 0 Å². The summed E-state index contributed by atoms with van der Waals surface area (Å²) in [4.78, 5) is 12.7. The van der Waals surface area contributed by atoms with Crippen molar-refractivity contribution in [2.75, 3.05) is 11.9 Å². The lowest BCUT2D eigenvalue weighted by atomic mass is 10.1. The standard InChI is InChI=1S/C15H21N5O5/c21-4-9-11(23)12(24)15(25-9)20-6-18-10-13(16-5-17-14(10)20)19-7-2-1-3-8(7)22/h5-9,11-12,15,21-24H,1-4H2,(H,16,17,19)/t7-,8-,9?,11-,12-,15?/m1/s1. The molecule has 1 saturated carbocycles. The summed E-state index contributed by atoms with van der Waals surface area (Å²) in [6.07, 6.45) is 0.768. The summed E-state index contributed by atoms with van der Waals surface area (Å²) in [5.74, 6) is 0.501. The average molecular weight is 351 g/mol. The number of aliphatic hydroxyl groups is 4. The monoisotopic (exact) mass is 351 g/mol. The molecule has 5 N–H and O–H groups in total. The van der Waals surface area contributed by atoms with Gasteiger partial charge in [-0.1, -0.05) is 0 Å². The maximum absolute atomic E-state index is 10.2. The minimum atomic E-state index is -1.21. The number of hydrogen-bond donors (Lipinski definition) is 5. The summed E-state index contributed by atoms with van der Waals surface area (Å²) in [5, 5.41) is 42.6. The fourth-order valence-corrected chi connectivity index (χ4v) is 3.54. The zero-order valence-corrected chi connectivity index (χ0v) is 13.4. The molecular formula is C15H21N5O5. The maximum atomic E-state index is 10.2. The van der Waals surface area contributed by atoms with Crippen LogP contribution in [-0.4, -0.2) is 77.0 Å². The highest BCUT2D eigenvalue weighted by Gasteiger charge is 2.44. The Morgan fingerprint density at radius 2 is 2.00 bits per heavy atom. The van der Waals surface area contributed by atoms with Gasteiger partial charge in [0.1, 0.15) is 24.6 Å². The third-order valence-electron chi connectivity index (χ3n) is 4.95. The molecule has 136 valence electrons. The van der Waals surface area contributed by atoms with Crippen molar-refractivity contribution in [2.24, 2.45) is 0 Å². The molecule has 4 rings (SSSR count). The Hall–Kier alpha value is -1.85. The van der Waals surface area contributed by atoms with Gasteiger partial charge < -0.3 is 30.5 Å². The smallest absolute Gasteiger partial charge is 0.167 e. The average Bonchev–Trinajstić information content (AvgIpc) is 3.29. The van der Waals surface area contributed by atoms with Crippen LogP contribution in [0.2, 0.25) is 0 Å². The molecule has 0 spiro atoms.